The van der Waals surface area contributed by atoms with Gasteiger partial charge in [-0.25, -0.2) is 4.98 Å². The summed E-state index contributed by atoms with van der Waals surface area (Å²) in [7, 11) is 0. The van der Waals surface area contributed by atoms with E-state index < -0.39 is 6.10 Å². The SMILES string of the molecule is N#Cc1ccc(OC[C@H](O)Cn2cnc3sc4c(c3c2=O)CCC4)cc1. The third-order valence-corrected chi connectivity index (χ3v) is 5.72. The average molecular weight is 367 g/mol. The lowest BCUT2D eigenvalue weighted by molar-refractivity contribution is 0.0915. The maximum Gasteiger partial charge on any atom is 0.262 e. The predicted molar refractivity (Wildman–Crippen MR) is 98.6 cm³/mol. The third kappa shape index (κ3) is 3.09. The van der Waals surface area contributed by atoms with Crippen molar-refractivity contribution in [3.05, 3.63) is 57.0 Å². The monoisotopic (exact) mass is 367 g/mol. The van der Waals surface area contributed by atoms with Crippen molar-refractivity contribution in [1.82, 2.24) is 9.55 Å². The quantitative estimate of drug-likeness (QED) is 0.747. The van der Waals surface area contributed by atoms with E-state index in [1.807, 2.05) is 6.07 Å². The highest BCUT2D eigenvalue weighted by Crippen LogP contribution is 2.34. The summed E-state index contributed by atoms with van der Waals surface area (Å²) in [6.45, 7) is 0.181. The second kappa shape index (κ2) is 6.90. The van der Waals surface area contributed by atoms with Gasteiger partial charge in [-0.2, -0.15) is 5.26 Å². The minimum absolute atomic E-state index is 0.0537. The van der Waals surface area contributed by atoms with Crippen molar-refractivity contribution in [2.75, 3.05) is 6.61 Å². The minimum atomic E-state index is -0.839. The number of aliphatic hydroxyl groups is 1. The predicted octanol–water partition coefficient (Wildman–Crippen LogP) is 2.26. The third-order valence-electron chi connectivity index (χ3n) is 4.53. The second-order valence-corrected chi connectivity index (χ2v) is 7.42. The van der Waals surface area contributed by atoms with Gasteiger partial charge in [0.2, 0.25) is 0 Å². The number of nitriles is 1. The molecular weight excluding hydrogens is 350 g/mol. The molecule has 0 bridgehead atoms. The van der Waals surface area contributed by atoms with Crippen LogP contribution in [-0.2, 0) is 19.4 Å². The summed E-state index contributed by atoms with van der Waals surface area (Å²) < 4.78 is 6.99. The molecule has 0 radical (unpaired) electrons. The first-order valence-electron chi connectivity index (χ1n) is 8.46. The zero-order valence-corrected chi connectivity index (χ0v) is 14.8. The van der Waals surface area contributed by atoms with Gasteiger partial charge in [0.15, 0.2) is 0 Å². The fourth-order valence-corrected chi connectivity index (χ4v) is 4.47. The normalized spacial score (nSPS) is 14.2. The van der Waals surface area contributed by atoms with Gasteiger partial charge in [0.25, 0.3) is 5.56 Å². The molecular formula is C19H17N3O3S. The highest BCUT2D eigenvalue weighted by Gasteiger charge is 2.21. The van der Waals surface area contributed by atoms with Crippen LogP contribution in [0.15, 0.2) is 35.4 Å². The summed E-state index contributed by atoms with van der Waals surface area (Å²) in [5.74, 6) is 0.569. The summed E-state index contributed by atoms with van der Waals surface area (Å²) in [6.07, 6.45) is 3.71. The van der Waals surface area contributed by atoms with Crippen LogP contribution >= 0.6 is 11.3 Å². The van der Waals surface area contributed by atoms with Crippen LogP contribution in [0.2, 0.25) is 0 Å². The first-order chi connectivity index (χ1) is 12.7. The van der Waals surface area contributed by atoms with Gasteiger partial charge in [0.1, 0.15) is 23.3 Å². The van der Waals surface area contributed by atoms with Crippen LogP contribution in [0.3, 0.4) is 0 Å². The zero-order chi connectivity index (χ0) is 18.1. The van der Waals surface area contributed by atoms with Crippen molar-refractivity contribution in [3.63, 3.8) is 0 Å². The maximum absolute atomic E-state index is 12.8. The molecule has 1 aliphatic carbocycles. The van der Waals surface area contributed by atoms with E-state index in [1.165, 1.54) is 15.8 Å². The van der Waals surface area contributed by atoms with Crippen LogP contribution in [0.5, 0.6) is 5.75 Å². The molecule has 26 heavy (non-hydrogen) atoms. The molecule has 6 nitrogen and oxygen atoms in total. The van der Waals surface area contributed by atoms with E-state index in [2.05, 4.69) is 4.98 Å². The number of aliphatic hydroxyl groups excluding tert-OH is 1. The van der Waals surface area contributed by atoms with Crippen LogP contribution in [0, 0.1) is 11.3 Å². The van der Waals surface area contributed by atoms with E-state index in [4.69, 9.17) is 10.00 Å². The molecule has 0 fully saturated rings. The Balaban J connectivity index is 1.47. The van der Waals surface area contributed by atoms with E-state index in [-0.39, 0.29) is 18.7 Å². The van der Waals surface area contributed by atoms with Gasteiger partial charge in [-0.1, -0.05) is 0 Å². The Bertz CT molecular complexity index is 1050. The Morgan fingerprint density at radius 3 is 2.92 bits per heavy atom. The number of nitrogens with zero attached hydrogens (tertiary/aromatic N) is 3. The molecule has 7 heteroatoms. The van der Waals surface area contributed by atoms with Crippen molar-refractivity contribution < 1.29 is 9.84 Å². The highest BCUT2D eigenvalue weighted by atomic mass is 32.1. The molecule has 1 N–H and O–H groups in total. The molecule has 1 aromatic carbocycles. The van der Waals surface area contributed by atoms with Gasteiger partial charge in [-0.05, 0) is 49.1 Å². The van der Waals surface area contributed by atoms with E-state index >= 15 is 0 Å². The lowest BCUT2D eigenvalue weighted by atomic mass is 10.2. The smallest absolute Gasteiger partial charge is 0.262 e. The van der Waals surface area contributed by atoms with Crippen LogP contribution in [0.4, 0.5) is 0 Å². The van der Waals surface area contributed by atoms with E-state index in [0.29, 0.717) is 16.7 Å². The molecule has 0 spiro atoms. The molecule has 2 aromatic heterocycles. The summed E-state index contributed by atoms with van der Waals surface area (Å²) in [5.41, 5.74) is 1.60. The number of rotatable bonds is 5. The van der Waals surface area contributed by atoms with Gasteiger partial charge < -0.3 is 9.84 Å². The van der Waals surface area contributed by atoms with Gasteiger partial charge in [-0.15, -0.1) is 11.3 Å². The van der Waals surface area contributed by atoms with Crippen molar-refractivity contribution in [3.8, 4) is 11.8 Å². The number of thiophene rings is 1. The number of fused-ring (bicyclic) bond motifs is 3. The van der Waals surface area contributed by atoms with Gasteiger partial charge in [-0.3, -0.25) is 9.36 Å². The topological polar surface area (TPSA) is 88.1 Å². The van der Waals surface area contributed by atoms with Crippen LogP contribution in [-0.4, -0.2) is 27.4 Å². The molecule has 0 saturated carbocycles. The molecule has 3 aromatic rings. The van der Waals surface area contributed by atoms with Crippen LogP contribution < -0.4 is 10.3 Å². The van der Waals surface area contributed by atoms with Gasteiger partial charge in [0, 0.05) is 4.88 Å². The summed E-state index contributed by atoms with van der Waals surface area (Å²) in [4.78, 5) is 19.2. The number of hydrogen-bond donors (Lipinski definition) is 1. The number of benzene rings is 1. The Kier molecular flexibility index (Phi) is 4.45. The summed E-state index contributed by atoms with van der Waals surface area (Å²) in [5, 5.41) is 19.7. The first-order valence-corrected chi connectivity index (χ1v) is 9.28. The van der Waals surface area contributed by atoms with Crippen molar-refractivity contribution in [2.45, 2.75) is 31.9 Å². The van der Waals surface area contributed by atoms with Crippen molar-refractivity contribution >= 4 is 21.6 Å². The molecule has 1 atom stereocenters. The number of hydrogen-bond acceptors (Lipinski definition) is 6. The number of aryl methyl sites for hydroxylation is 2. The highest BCUT2D eigenvalue weighted by molar-refractivity contribution is 7.18. The Morgan fingerprint density at radius 1 is 1.35 bits per heavy atom. The summed E-state index contributed by atoms with van der Waals surface area (Å²) in [6, 6.07) is 8.71. The zero-order valence-electron chi connectivity index (χ0n) is 14.0. The number of aromatic nitrogens is 2. The summed E-state index contributed by atoms with van der Waals surface area (Å²) >= 11 is 1.60. The second-order valence-electron chi connectivity index (χ2n) is 6.34. The molecule has 0 unspecified atom stereocenters. The molecule has 0 saturated heterocycles. The maximum atomic E-state index is 12.8. The van der Waals surface area contributed by atoms with Crippen molar-refractivity contribution in [2.24, 2.45) is 0 Å². The van der Waals surface area contributed by atoms with Gasteiger partial charge >= 0.3 is 0 Å². The van der Waals surface area contributed by atoms with Crippen LogP contribution in [0.1, 0.15) is 22.4 Å². The minimum Gasteiger partial charge on any atom is -0.491 e. The molecule has 2 heterocycles. The lowest BCUT2D eigenvalue weighted by Gasteiger charge is -2.14. The Hall–Kier alpha value is -2.69. The van der Waals surface area contributed by atoms with Crippen molar-refractivity contribution in [1.29, 1.82) is 5.26 Å². The first kappa shape index (κ1) is 16.8. The molecule has 132 valence electrons. The fourth-order valence-electron chi connectivity index (χ4n) is 3.25. The average Bonchev–Trinajstić information content (AvgIpc) is 3.24. The molecule has 4 rings (SSSR count). The Labute approximate surface area is 153 Å². The van der Waals surface area contributed by atoms with E-state index in [1.54, 1.807) is 35.6 Å². The molecule has 0 aliphatic heterocycles. The number of ether oxygens (including phenoxy) is 1. The molecule has 1 aliphatic rings. The fraction of sp³-hybridized carbons (Fsp3) is 0.316. The standard InChI is InChI=1S/C19H17N3O3S/c20-8-12-4-6-14(7-5-12)25-10-13(23)9-22-11-21-18-17(19(22)24)15-2-1-3-16(15)26-18/h4-7,11,13,23H,1-3,9-10H2/t13-/m1/s1. The van der Waals surface area contributed by atoms with Crippen LogP contribution in [0.25, 0.3) is 10.2 Å². The lowest BCUT2D eigenvalue weighted by Crippen LogP contribution is -2.30. The van der Waals surface area contributed by atoms with Gasteiger partial charge in [0.05, 0.1) is 29.9 Å². The van der Waals surface area contributed by atoms with E-state index in [9.17, 15) is 9.90 Å². The van der Waals surface area contributed by atoms with E-state index in [0.717, 1.165) is 29.7 Å². The molecule has 0 amide bonds. The Morgan fingerprint density at radius 2 is 2.15 bits per heavy atom. The largest absolute Gasteiger partial charge is 0.491 e.